The first kappa shape index (κ1) is 20.2. The van der Waals surface area contributed by atoms with Gasteiger partial charge in [-0.2, -0.15) is 0 Å². The predicted molar refractivity (Wildman–Crippen MR) is 111 cm³/mol. The maximum absolute atomic E-state index is 12.3. The number of nitrogens with one attached hydrogen (secondary N) is 2. The summed E-state index contributed by atoms with van der Waals surface area (Å²) in [4.78, 5) is 27.4. The monoisotopic (exact) mass is 401 g/mol. The van der Waals surface area contributed by atoms with E-state index in [-0.39, 0.29) is 11.9 Å². The molecule has 1 aliphatic rings. The van der Waals surface area contributed by atoms with Gasteiger partial charge in [0.15, 0.2) is 0 Å². The molecule has 0 spiro atoms. The molecular weight excluding hydrogens is 374 g/mol. The van der Waals surface area contributed by atoms with Crippen LogP contribution in [0.4, 0.5) is 4.79 Å². The number of urea groups is 1. The van der Waals surface area contributed by atoms with Gasteiger partial charge < -0.3 is 20.3 Å². The van der Waals surface area contributed by atoms with E-state index >= 15 is 0 Å². The minimum absolute atomic E-state index is 0.0868. The quantitative estimate of drug-likeness (QED) is 0.668. The Morgan fingerprint density at radius 1 is 1.21 bits per heavy atom. The number of hydrogen-bond donors (Lipinski definition) is 2. The maximum Gasteiger partial charge on any atom is 0.314 e. The van der Waals surface area contributed by atoms with E-state index in [2.05, 4.69) is 22.1 Å². The molecule has 28 heavy (non-hydrogen) atoms. The van der Waals surface area contributed by atoms with Gasteiger partial charge >= 0.3 is 6.03 Å². The Labute approximate surface area is 169 Å². The number of hydrogen-bond acceptors (Lipinski definition) is 4. The van der Waals surface area contributed by atoms with Gasteiger partial charge in [-0.15, -0.1) is 11.3 Å². The lowest BCUT2D eigenvalue weighted by atomic mass is 10.1. The first-order valence-corrected chi connectivity index (χ1v) is 10.5. The van der Waals surface area contributed by atoms with Crippen LogP contribution < -0.4 is 15.4 Å². The molecule has 0 saturated carbocycles. The first-order valence-electron chi connectivity index (χ1n) is 9.66. The summed E-state index contributed by atoms with van der Waals surface area (Å²) in [5, 5.41) is 7.62. The number of carbonyl (C=O) groups excluding carboxylic acids is 2. The van der Waals surface area contributed by atoms with E-state index in [4.69, 9.17) is 4.74 Å². The lowest BCUT2D eigenvalue weighted by molar-refractivity contribution is -0.131. The third-order valence-electron chi connectivity index (χ3n) is 4.65. The van der Waals surface area contributed by atoms with Gasteiger partial charge in [-0.1, -0.05) is 12.1 Å². The van der Waals surface area contributed by atoms with Gasteiger partial charge in [0.1, 0.15) is 5.75 Å². The number of fused-ring (bicyclic) bond motifs is 1. The van der Waals surface area contributed by atoms with Crippen molar-refractivity contribution in [2.45, 2.75) is 32.7 Å². The molecule has 3 rings (SSSR count). The van der Waals surface area contributed by atoms with Crippen LogP contribution in [-0.2, 0) is 17.8 Å². The number of ether oxygens (including phenoxy) is 1. The Morgan fingerprint density at radius 2 is 2.07 bits per heavy atom. The fourth-order valence-electron chi connectivity index (χ4n) is 3.13. The SMILES string of the molecule is Cc1cccc(OCCCNC(=O)NCCC(=O)N2CCc3sccc3C2)c1. The summed E-state index contributed by atoms with van der Waals surface area (Å²) in [6.07, 6.45) is 1.97. The Hall–Kier alpha value is -2.54. The Kier molecular flexibility index (Phi) is 7.31. The third kappa shape index (κ3) is 5.99. The standard InChI is InChI=1S/C21H27N3O3S/c1-16-4-2-5-18(14-16)27-12-3-9-22-21(26)23-10-6-20(25)24-11-7-19-17(15-24)8-13-28-19/h2,4-5,8,13-14H,3,6-7,9-12,15H2,1H3,(H2,22,23,26). The Bertz CT molecular complexity index is 806. The van der Waals surface area contributed by atoms with Gasteiger partial charge in [0.05, 0.1) is 6.61 Å². The number of aryl methyl sites for hydroxylation is 1. The molecule has 0 radical (unpaired) electrons. The summed E-state index contributed by atoms with van der Waals surface area (Å²) in [6, 6.07) is 9.73. The van der Waals surface area contributed by atoms with E-state index in [0.717, 1.165) is 30.7 Å². The minimum Gasteiger partial charge on any atom is -0.494 e. The molecule has 2 N–H and O–H groups in total. The fraction of sp³-hybridized carbons (Fsp3) is 0.429. The van der Waals surface area contributed by atoms with Gasteiger partial charge in [-0.05, 0) is 54.5 Å². The van der Waals surface area contributed by atoms with E-state index in [1.54, 1.807) is 11.3 Å². The number of amides is 3. The second-order valence-corrected chi connectivity index (χ2v) is 7.89. The normalized spacial score (nSPS) is 13.0. The Morgan fingerprint density at radius 3 is 2.93 bits per heavy atom. The number of nitrogens with zero attached hydrogens (tertiary/aromatic N) is 1. The molecule has 0 aliphatic carbocycles. The van der Waals surface area contributed by atoms with Crippen LogP contribution in [0.15, 0.2) is 35.7 Å². The van der Waals surface area contributed by atoms with Crippen molar-refractivity contribution in [1.82, 2.24) is 15.5 Å². The maximum atomic E-state index is 12.3. The van der Waals surface area contributed by atoms with Crippen LogP contribution >= 0.6 is 11.3 Å². The highest BCUT2D eigenvalue weighted by Gasteiger charge is 2.21. The smallest absolute Gasteiger partial charge is 0.314 e. The van der Waals surface area contributed by atoms with Gasteiger partial charge in [0.2, 0.25) is 5.91 Å². The van der Waals surface area contributed by atoms with Crippen LogP contribution in [0.5, 0.6) is 5.75 Å². The molecule has 0 fully saturated rings. The first-order chi connectivity index (χ1) is 13.6. The van der Waals surface area contributed by atoms with Gasteiger partial charge in [0, 0.05) is 37.5 Å². The van der Waals surface area contributed by atoms with E-state index < -0.39 is 0 Å². The molecule has 150 valence electrons. The van der Waals surface area contributed by atoms with E-state index in [1.165, 1.54) is 10.4 Å². The minimum atomic E-state index is -0.248. The average Bonchev–Trinajstić information content (AvgIpc) is 3.15. The zero-order valence-electron chi connectivity index (χ0n) is 16.2. The molecule has 0 saturated heterocycles. The van der Waals surface area contributed by atoms with Crippen molar-refractivity contribution in [1.29, 1.82) is 0 Å². The summed E-state index contributed by atoms with van der Waals surface area (Å²) in [5.41, 5.74) is 2.41. The molecule has 0 atom stereocenters. The topological polar surface area (TPSA) is 70.7 Å². The third-order valence-corrected chi connectivity index (χ3v) is 5.67. The highest BCUT2D eigenvalue weighted by atomic mass is 32.1. The van der Waals surface area contributed by atoms with Crippen molar-refractivity contribution >= 4 is 23.3 Å². The van der Waals surface area contributed by atoms with Gasteiger partial charge in [0.25, 0.3) is 0 Å². The molecule has 1 aromatic heterocycles. The fourth-order valence-corrected chi connectivity index (χ4v) is 4.02. The molecular formula is C21H27N3O3S. The molecule has 2 aromatic rings. The van der Waals surface area contributed by atoms with E-state index in [9.17, 15) is 9.59 Å². The molecule has 6 nitrogen and oxygen atoms in total. The lowest BCUT2D eigenvalue weighted by Crippen LogP contribution is -2.40. The molecule has 3 amide bonds. The summed E-state index contributed by atoms with van der Waals surface area (Å²) in [6.45, 7) is 4.89. The molecule has 0 bridgehead atoms. The van der Waals surface area contributed by atoms with E-state index in [1.807, 2.05) is 36.1 Å². The summed E-state index contributed by atoms with van der Waals surface area (Å²) in [7, 11) is 0. The zero-order valence-corrected chi connectivity index (χ0v) is 17.0. The molecule has 2 heterocycles. The van der Waals surface area contributed by atoms with Gasteiger partial charge in [-0.3, -0.25) is 4.79 Å². The summed E-state index contributed by atoms with van der Waals surface area (Å²) < 4.78 is 5.65. The number of benzene rings is 1. The average molecular weight is 402 g/mol. The second kappa shape index (κ2) is 10.1. The largest absolute Gasteiger partial charge is 0.494 e. The number of thiophene rings is 1. The number of rotatable bonds is 8. The summed E-state index contributed by atoms with van der Waals surface area (Å²) in [5.74, 6) is 0.930. The van der Waals surface area contributed by atoms with Crippen LogP contribution in [0, 0.1) is 6.92 Å². The van der Waals surface area contributed by atoms with Crippen LogP contribution in [-0.4, -0.2) is 43.1 Å². The van der Waals surface area contributed by atoms with Gasteiger partial charge in [-0.25, -0.2) is 4.79 Å². The van der Waals surface area contributed by atoms with Crippen molar-refractivity contribution in [2.75, 3.05) is 26.2 Å². The molecule has 0 unspecified atom stereocenters. The van der Waals surface area contributed by atoms with E-state index in [0.29, 0.717) is 32.7 Å². The predicted octanol–water partition coefficient (Wildman–Crippen LogP) is 3.10. The van der Waals surface area contributed by atoms with Crippen LogP contribution in [0.3, 0.4) is 0 Å². The van der Waals surface area contributed by atoms with Crippen molar-refractivity contribution in [2.24, 2.45) is 0 Å². The molecule has 1 aromatic carbocycles. The van der Waals surface area contributed by atoms with Crippen molar-refractivity contribution < 1.29 is 14.3 Å². The number of carbonyl (C=O) groups is 2. The van der Waals surface area contributed by atoms with Crippen molar-refractivity contribution in [3.63, 3.8) is 0 Å². The lowest BCUT2D eigenvalue weighted by Gasteiger charge is -2.27. The molecule has 7 heteroatoms. The highest BCUT2D eigenvalue weighted by molar-refractivity contribution is 7.10. The highest BCUT2D eigenvalue weighted by Crippen LogP contribution is 2.24. The van der Waals surface area contributed by atoms with Crippen LogP contribution in [0.25, 0.3) is 0 Å². The Balaban J connectivity index is 1.24. The van der Waals surface area contributed by atoms with Crippen LogP contribution in [0.1, 0.15) is 28.8 Å². The summed E-state index contributed by atoms with van der Waals surface area (Å²) >= 11 is 1.76. The second-order valence-electron chi connectivity index (χ2n) is 6.89. The van der Waals surface area contributed by atoms with Crippen molar-refractivity contribution in [3.8, 4) is 5.75 Å². The van der Waals surface area contributed by atoms with Crippen molar-refractivity contribution in [3.05, 3.63) is 51.7 Å². The zero-order chi connectivity index (χ0) is 19.8. The van der Waals surface area contributed by atoms with Crippen LogP contribution in [0.2, 0.25) is 0 Å². The molecule has 1 aliphatic heterocycles.